The maximum Gasteiger partial charge on any atom is 0.470 e. The van der Waals surface area contributed by atoms with E-state index in [0.717, 1.165) is 141 Å². The molecule has 0 spiro atoms. The first-order valence-corrected chi connectivity index (χ1v) is 50.9. The standard InChI is InChI=1S/C96H181N2O16P/c1-7-13-19-25-31-37-40-46-52-58-64-72-90(102)109-83(69-61-55-49-43-34-28-22-16-10-4)78-88(100)97-94-86(76-75-82-68-67-77-98(82)89(101)79-84(70-62-56-50-44-35-29-23-17-11-5)110-91(103)73-65-59-53-47-41-38-32-26-20-14-8-2)112-87(81-99)95(114-115(106,107)108)96(94)113-93(105)80-85(71-63-57-51-45-36-30-24-18-12-6)111-92(104)74-66-60-54-48-42-39-33-27-21-15-9-3/h82-87,94-96,99H,7-81H2,1-6H3,(H,97,100)(H2,106,107,108)/t82?,83-,84-,85-,86?,87?,94?,95?,96?/m1/s1. The van der Waals surface area contributed by atoms with Gasteiger partial charge in [-0.3, -0.25) is 33.3 Å². The van der Waals surface area contributed by atoms with Gasteiger partial charge in [0.15, 0.2) is 6.10 Å². The van der Waals surface area contributed by atoms with E-state index in [1.807, 2.05) is 4.90 Å². The van der Waals surface area contributed by atoms with Crippen LogP contribution in [0.5, 0.6) is 0 Å². The molecule has 0 bridgehead atoms. The van der Waals surface area contributed by atoms with Crippen LogP contribution in [-0.2, 0) is 61.5 Å². The molecule has 0 radical (unpaired) electrons. The molecule has 2 aliphatic rings. The van der Waals surface area contributed by atoms with Gasteiger partial charge in [0.25, 0.3) is 0 Å². The van der Waals surface area contributed by atoms with Crippen molar-refractivity contribution in [3.05, 3.63) is 0 Å². The fourth-order valence-corrected chi connectivity index (χ4v) is 17.7. The highest BCUT2D eigenvalue weighted by Gasteiger charge is 2.52. The van der Waals surface area contributed by atoms with Gasteiger partial charge in [-0.15, -0.1) is 0 Å². The Morgan fingerprint density at radius 2 is 0.670 bits per heavy atom. The van der Waals surface area contributed by atoms with Crippen molar-refractivity contribution in [3.63, 3.8) is 0 Å². The van der Waals surface area contributed by atoms with Gasteiger partial charge in [-0.2, -0.15) is 0 Å². The Labute approximate surface area is 704 Å². The molecule has 6 unspecified atom stereocenters. The normalized spacial score (nSPS) is 17.9. The lowest BCUT2D eigenvalue weighted by Crippen LogP contribution is -2.66. The molecule has 0 saturated carbocycles. The van der Waals surface area contributed by atoms with E-state index in [-0.39, 0.29) is 62.4 Å². The number of carbonyl (C=O) groups is 6. The van der Waals surface area contributed by atoms with E-state index in [9.17, 15) is 43.4 Å². The number of unbranched alkanes of at least 4 members (excludes halogenated alkanes) is 54. The number of rotatable bonds is 83. The topological polar surface area (TPSA) is 251 Å². The number of esters is 4. The van der Waals surface area contributed by atoms with Crippen LogP contribution in [0.2, 0.25) is 0 Å². The van der Waals surface area contributed by atoms with Gasteiger partial charge in [-0.1, -0.05) is 388 Å². The summed E-state index contributed by atoms with van der Waals surface area (Å²) in [7, 11) is -5.45. The van der Waals surface area contributed by atoms with Crippen molar-refractivity contribution in [2.24, 2.45) is 0 Å². The third-order valence-electron chi connectivity index (χ3n) is 24.3. The number of phosphoric ester groups is 1. The molecule has 0 aromatic carbocycles. The van der Waals surface area contributed by atoms with Crippen molar-refractivity contribution in [1.29, 1.82) is 0 Å². The van der Waals surface area contributed by atoms with Crippen LogP contribution >= 0.6 is 7.82 Å². The van der Waals surface area contributed by atoms with Crippen LogP contribution < -0.4 is 5.32 Å². The van der Waals surface area contributed by atoms with E-state index < -0.39 is 81.0 Å². The zero-order valence-corrected chi connectivity index (χ0v) is 76.2. The number of hydrogen-bond donors (Lipinski definition) is 4. The van der Waals surface area contributed by atoms with Crippen molar-refractivity contribution in [2.75, 3.05) is 13.2 Å². The molecule has 115 heavy (non-hydrogen) atoms. The predicted molar refractivity (Wildman–Crippen MR) is 471 cm³/mol. The van der Waals surface area contributed by atoms with E-state index >= 15 is 4.79 Å². The van der Waals surface area contributed by atoms with Crippen molar-refractivity contribution in [1.82, 2.24) is 10.2 Å². The lowest BCUT2D eigenvalue weighted by molar-refractivity contribution is -0.210. The first kappa shape index (κ1) is 108. The number of likely N-dealkylation sites (tertiary alicyclic amines) is 1. The minimum Gasteiger partial charge on any atom is -0.462 e. The summed E-state index contributed by atoms with van der Waals surface area (Å²) in [5.41, 5.74) is 0. The molecule has 2 rings (SSSR count). The molecular formula is C96H181N2O16P. The number of phosphoric acid groups is 1. The number of carbonyl (C=O) groups excluding carboxylic acids is 6. The van der Waals surface area contributed by atoms with Crippen molar-refractivity contribution in [3.8, 4) is 0 Å². The van der Waals surface area contributed by atoms with Crippen LogP contribution in [0.1, 0.15) is 510 Å². The number of aliphatic hydroxyl groups excluding tert-OH is 1. The number of ether oxygens (including phenoxy) is 5. The Morgan fingerprint density at radius 3 is 0.983 bits per heavy atom. The van der Waals surface area contributed by atoms with Gasteiger partial charge in [0.2, 0.25) is 11.8 Å². The number of nitrogens with one attached hydrogen (secondary N) is 1. The highest BCUT2D eigenvalue weighted by molar-refractivity contribution is 7.46. The second-order valence-corrected chi connectivity index (χ2v) is 36.3. The van der Waals surface area contributed by atoms with Gasteiger partial charge < -0.3 is 48.8 Å². The Balaban J connectivity index is 2.60. The average molecular weight is 1650 g/mol. The molecule has 18 nitrogen and oxygen atoms in total. The molecule has 0 aromatic heterocycles. The summed E-state index contributed by atoms with van der Waals surface area (Å²) in [5.74, 6) is -2.61. The van der Waals surface area contributed by atoms with Crippen LogP contribution in [0.25, 0.3) is 0 Å². The third-order valence-corrected chi connectivity index (χ3v) is 24.8. The van der Waals surface area contributed by atoms with Crippen LogP contribution in [0.3, 0.4) is 0 Å². The van der Waals surface area contributed by atoms with Crippen molar-refractivity contribution >= 4 is 43.5 Å². The summed E-state index contributed by atoms with van der Waals surface area (Å²) in [6, 6.07) is -1.66. The van der Waals surface area contributed by atoms with Crippen molar-refractivity contribution < 1.29 is 76.4 Å². The third kappa shape index (κ3) is 60.9. The summed E-state index contributed by atoms with van der Waals surface area (Å²) in [6.45, 7) is 13.0. The van der Waals surface area contributed by atoms with E-state index in [2.05, 4.69) is 46.9 Å². The van der Waals surface area contributed by atoms with Crippen molar-refractivity contribution in [2.45, 2.75) is 565 Å². The molecule has 9 atom stereocenters. The minimum atomic E-state index is -5.45. The van der Waals surface area contributed by atoms with Crippen LogP contribution in [0.15, 0.2) is 0 Å². The Hall–Kier alpha value is -3.15. The molecule has 2 heterocycles. The molecule has 2 fully saturated rings. The van der Waals surface area contributed by atoms with Gasteiger partial charge in [-0.05, 0) is 83.5 Å². The fourth-order valence-electron chi connectivity index (χ4n) is 17.2. The quantitative estimate of drug-likeness (QED) is 0.0191. The smallest absolute Gasteiger partial charge is 0.462 e. The van der Waals surface area contributed by atoms with Crippen LogP contribution in [0.4, 0.5) is 0 Å². The molecule has 2 saturated heterocycles. The monoisotopic (exact) mass is 1650 g/mol. The summed E-state index contributed by atoms with van der Waals surface area (Å²) in [5, 5.41) is 14.3. The molecule has 19 heteroatoms. The number of amides is 2. The zero-order chi connectivity index (χ0) is 83.7. The maximum atomic E-state index is 15.1. The van der Waals surface area contributed by atoms with Gasteiger partial charge >= 0.3 is 31.7 Å². The van der Waals surface area contributed by atoms with Gasteiger partial charge in [0, 0.05) is 31.8 Å². The molecule has 2 aliphatic heterocycles. The Morgan fingerprint density at radius 1 is 0.374 bits per heavy atom. The lowest BCUT2D eigenvalue weighted by atomic mass is 9.88. The second kappa shape index (κ2) is 75.8. The minimum absolute atomic E-state index is 0.0427. The number of hydrogen-bond acceptors (Lipinski definition) is 14. The number of nitrogens with zero attached hydrogens (tertiary/aromatic N) is 1. The highest BCUT2D eigenvalue weighted by Crippen LogP contribution is 2.43. The summed E-state index contributed by atoms with van der Waals surface area (Å²) in [4.78, 5) is 109. The maximum absolute atomic E-state index is 15.1. The molecular weight excluding hydrogens is 1470 g/mol. The van der Waals surface area contributed by atoms with Crippen LogP contribution in [-0.4, -0.2) is 123 Å². The Bertz CT molecular complexity index is 2360. The summed E-state index contributed by atoms with van der Waals surface area (Å²) in [6.07, 6.45) is 62.2. The summed E-state index contributed by atoms with van der Waals surface area (Å²) >= 11 is 0. The fraction of sp³-hybridized carbons (Fsp3) is 0.938. The van der Waals surface area contributed by atoms with E-state index in [4.69, 9.17) is 28.2 Å². The molecule has 4 N–H and O–H groups in total. The number of aliphatic hydroxyl groups is 1. The highest BCUT2D eigenvalue weighted by atomic mass is 31.2. The SMILES string of the molecule is CCCCCCCCCCCCCC(=O)O[C@H](CCCCCCCCCCC)CC(=O)NC1C(CCC2CCCN2C(=O)C[C@@H](CCCCCCCCCCC)OC(=O)CCCCCCCCCCCCC)OC(CO)C(OP(=O)(O)O)C1OC(=O)C[C@@H](CCCCCCCCCCC)OC(=O)CCCCCCCCCCCCC. The van der Waals surface area contributed by atoms with Crippen LogP contribution in [0, 0.1) is 0 Å². The first-order chi connectivity index (χ1) is 56.0. The van der Waals surface area contributed by atoms with Gasteiger partial charge in [-0.25, -0.2) is 4.57 Å². The largest absolute Gasteiger partial charge is 0.470 e. The van der Waals surface area contributed by atoms with E-state index in [1.54, 1.807) is 0 Å². The lowest BCUT2D eigenvalue weighted by Gasteiger charge is -2.46. The molecule has 0 aliphatic carbocycles. The van der Waals surface area contributed by atoms with Gasteiger partial charge in [0.1, 0.15) is 30.5 Å². The second-order valence-electron chi connectivity index (χ2n) is 35.1. The van der Waals surface area contributed by atoms with Gasteiger partial charge in [0.05, 0.1) is 38.0 Å². The van der Waals surface area contributed by atoms with E-state index in [0.29, 0.717) is 77.2 Å². The predicted octanol–water partition coefficient (Wildman–Crippen LogP) is 26.2. The zero-order valence-electron chi connectivity index (χ0n) is 75.3. The first-order valence-electron chi connectivity index (χ1n) is 49.4. The van der Waals surface area contributed by atoms with E-state index in [1.165, 1.54) is 218 Å². The molecule has 676 valence electrons. The Kier molecular flexibility index (Phi) is 71.1. The molecule has 2 amide bonds. The average Bonchev–Trinajstić information content (AvgIpc) is 1.14. The molecule has 0 aromatic rings. The summed E-state index contributed by atoms with van der Waals surface area (Å²) < 4.78 is 50.5.